The van der Waals surface area contributed by atoms with E-state index in [0.29, 0.717) is 5.75 Å². The van der Waals surface area contributed by atoms with Crippen molar-refractivity contribution in [2.45, 2.75) is 11.9 Å². The Labute approximate surface area is 153 Å². The zero-order chi connectivity index (χ0) is 18.6. The van der Waals surface area contributed by atoms with E-state index in [1.807, 2.05) is 36.4 Å². The molecule has 3 aromatic rings. The van der Waals surface area contributed by atoms with Crippen LogP contribution in [0.1, 0.15) is 11.1 Å². The van der Waals surface area contributed by atoms with Crippen LogP contribution in [-0.2, 0) is 16.7 Å². The zero-order valence-corrected chi connectivity index (χ0v) is 14.5. The van der Waals surface area contributed by atoms with Crippen molar-refractivity contribution >= 4 is 34.1 Å². The fraction of sp³-hybridized carbons (Fsp3) is 0.150. The van der Waals surface area contributed by atoms with Gasteiger partial charge in [-0.3, -0.25) is 4.79 Å². The monoisotopic (exact) mass is 375 g/mol. The van der Waals surface area contributed by atoms with Gasteiger partial charge in [0.15, 0.2) is 0 Å². The highest BCUT2D eigenvalue weighted by atomic mass is 32.2. The van der Waals surface area contributed by atoms with Crippen molar-refractivity contribution in [3.63, 3.8) is 0 Å². The molecule has 2 nitrogen and oxygen atoms in total. The van der Waals surface area contributed by atoms with Crippen LogP contribution in [0.2, 0.25) is 0 Å². The Morgan fingerprint density at radius 2 is 1.69 bits per heavy atom. The van der Waals surface area contributed by atoms with Gasteiger partial charge >= 0.3 is 6.18 Å². The largest absolute Gasteiger partial charge is 0.416 e. The molecule has 0 spiro atoms. The smallest absolute Gasteiger partial charge is 0.325 e. The van der Waals surface area contributed by atoms with E-state index in [9.17, 15) is 18.0 Å². The third-order valence-electron chi connectivity index (χ3n) is 3.79. The molecule has 0 aliphatic heterocycles. The molecule has 1 amide bonds. The van der Waals surface area contributed by atoms with Crippen LogP contribution in [0.25, 0.3) is 10.8 Å². The van der Waals surface area contributed by atoms with E-state index in [0.717, 1.165) is 28.5 Å². The van der Waals surface area contributed by atoms with Gasteiger partial charge in [0.25, 0.3) is 0 Å². The molecule has 0 fully saturated rings. The number of carbonyl (C=O) groups is 1. The van der Waals surface area contributed by atoms with E-state index >= 15 is 0 Å². The van der Waals surface area contributed by atoms with Crippen molar-refractivity contribution in [3.8, 4) is 0 Å². The molecular weight excluding hydrogens is 359 g/mol. The maximum Gasteiger partial charge on any atom is 0.416 e. The average molecular weight is 375 g/mol. The Bertz CT molecular complexity index is 924. The van der Waals surface area contributed by atoms with E-state index in [2.05, 4.69) is 11.4 Å². The van der Waals surface area contributed by atoms with Crippen molar-refractivity contribution in [1.29, 1.82) is 0 Å². The number of nitrogens with one attached hydrogen (secondary N) is 1. The van der Waals surface area contributed by atoms with Gasteiger partial charge in [0.2, 0.25) is 5.91 Å². The SMILES string of the molecule is O=C(CSCc1ccc2ccccc2c1)Nc1cccc(C(F)(F)F)c1. The van der Waals surface area contributed by atoms with Crippen LogP contribution >= 0.6 is 11.8 Å². The Balaban J connectivity index is 1.54. The number of hydrogen-bond acceptors (Lipinski definition) is 2. The summed E-state index contributed by atoms with van der Waals surface area (Å²) in [7, 11) is 0. The maximum atomic E-state index is 12.7. The Kier molecular flexibility index (Phi) is 5.52. The summed E-state index contributed by atoms with van der Waals surface area (Å²) < 4.78 is 38.1. The highest BCUT2D eigenvalue weighted by Gasteiger charge is 2.30. The normalized spacial score (nSPS) is 11.5. The summed E-state index contributed by atoms with van der Waals surface area (Å²) >= 11 is 1.42. The number of amides is 1. The first-order valence-corrected chi connectivity index (χ1v) is 9.10. The third-order valence-corrected chi connectivity index (χ3v) is 4.79. The predicted octanol–water partition coefficient (Wildman–Crippen LogP) is 5.73. The minimum Gasteiger partial charge on any atom is -0.325 e. The molecule has 1 N–H and O–H groups in total. The number of rotatable bonds is 5. The predicted molar refractivity (Wildman–Crippen MR) is 100 cm³/mol. The molecule has 134 valence electrons. The van der Waals surface area contributed by atoms with Crippen molar-refractivity contribution < 1.29 is 18.0 Å². The number of fused-ring (bicyclic) bond motifs is 1. The molecule has 0 bridgehead atoms. The lowest BCUT2D eigenvalue weighted by atomic mass is 10.1. The van der Waals surface area contributed by atoms with E-state index in [1.165, 1.54) is 23.9 Å². The number of anilines is 1. The fourth-order valence-corrected chi connectivity index (χ4v) is 3.34. The van der Waals surface area contributed by atoms with Gasteiger partial charge in [-0.2, -0.15) is 13.2 Å². The summed E-state index contributed by atoms with van der Waals surface area (Å²) in [6.45, 7) is 0. The van der Waals surface area contributed by atoms with Crippen LogP contribution in [0.15, 0.2) is 66.7 Å². The second-order valence-electron chi connectivity index (χ2n) is 5.80. The second-order valence-corrected chi connectivity index (χ2v) is 6.79. The van der Waals surface area contributed by atoms with Crippen molar-refractivity contribution in [1.82, 2.24) is 0 Å². The molecule has 3 aromatic carbocycles. The Morgan fingerprint density at radius 3 is 2.46 bits per heavy atom. The van der Waals surface area contributed by atoms with Crippen LogP contribution in [0, 0.1) is 0 Å². The standard InChI is InChI=1S/C20H16F3NOS/c21-20(22,23)17-6-3-7-18(11-17)24-19(25)13-26-12-14-8-9-15-4-1-2-5-16(15)10-14/h1-11H,12-13H2,(H,24,25). The maximum absolute atomic E-state index is 12.7. The highest BCUT2D eigenvalue weighted by molar-refractivity contribution is 7.99. The number of benzene rings is 3. The minimum atomic E-state index is -4.43. The lowest BCUT2D eigenvalue weighted by Crippen LogP contribution is -2.15. The highest BCUT2D eigenvalue weighted by Crippen LogP contribution is 2.30. The summed E-state index contributed by atoms with van der Waals surface area (Å²) in [5.41, 5.74) is 0.468. The molecular formula is C20H16F3NOS. The average Bonchev–Trinajstić information content (AvgIpc) is 2.61. The van der Waals surface area contributed by atoms with E-state index < -0.39 is 11.7 Å². The van der Waals surface area contributed by atoms with Gasteiger partial charge in [-0.1, -0.05) is 48.5 Å². The van der Waals surface area contributed by atoms with Gasteiger partial charge in [0.05, 0.1) is 11.3 Å². The number of alkyl halides is 3. The molecule has 26 heavy (non-hydrogen) atoms. The van der Waals surface area contributed by atoms with Gasteiger partial charge in [-0.15, -0.1) is 11.8 Å². The fourth-order valence-electron chi connectivity index (χ4n) is 2.56. The molecule has 0 radical (unpaired) electrons. The second kappa shape index (κ2) is 7.83. The Hall–Kier alpha value is -2.47. The molecule has 0 unspecified atom stereocenters. The summed E-state index contributed by atoms with van der Waals surface area (Å²) in [4.78, 5) is 12.0. The summed E-state index contributed by atoms with van der Waals surface area (Å²) in [6.07, 6.45) is -4.43. The van der Waals surface area contributed by atoms with E-state index in [4.69, 9.17) is 0 Å². The van der Waals surface area contributed by atoms with Crippen molar-refractivity contribution in [3.05, 3.63) is 77.9 Å². The number of hydrogen-bond donors (Lipinski definition) is 1. The van der Waals surface area contributed by atoms with Gasteiger partial charge in [-0.05, 0) is 34.5 Å². The first kappa shape index (κ1) is 18.3. The summed E-state index contributed by atoms with van der Waals surface area (Å²) in [5, 5.41) is 4.80. The van der Waals surface area contributed by atoms with Crippen LogP contribution in [0.3, 0.4) is 0 Å². The van der Waals surface area contributed by atoms with Gasteiger partial charge in [0, 0.05) is 11.4 Å². The van der Waals surface area contributed by atoms with Gasteiger partial charge < -0.3 is 5.32 Å². The number of carbonyl (C=O) groups excluding carboxylic acids is 1. The molecule has 0 aliphatic carbocycles. The van der Waals surface area contributed by atoms with Crippen molar-refractivity contribution in [2.75, 3.05) is 11.1 Å². The number of thioether (sulfide) groups is 1. The lowest BCUT2D eigenvalue weighted by Gasteiger charge is -2.10. The lowest BCUT2D eigenvalue weighted by molar-refractivity contribution is -0.137. The third kappa shape index (κ3) is 4.79. The molecule has 0 saturated carbocycles. The topological polar surface area (TPSA) is 29.1 Å². The first-order chi connectivity index (χ1) is 12.4. The van der Waals surface area contributed by atoms with Gasteiger partial charge in [0.1, 0.15) is 0 Å². The Morgan fingerprint density at radius 1 is 0.923 bits per heavy atom. The molecule has 0 aliphatic rings. The van der Waals surface area contributed by atoms with E-state index in [-0.39, 0.29) is 17.3 Å². The minimum absolute atomic E-state index is 0.149. The molecule has 0 aromatic heterocycles. The van der Waals surface area contributed by atoms with E-state index in [1.54, 1.807) is 0 Å². The summed E-state index contributed by atoms with van der Waals surface area (Å²) in [5.74, 6) is 0.499. The first-order valence-electron chi connectivity index (χ1n) is 7.94. The summed E-state index contributed by atoms with van der Waals surface area (Å²) in [6, 6.07) is 18.8. The van der Waals surface area contributed by atoms with Gasteiger partial charge in [-0.25, -0.2) is 0 Å². The van der Waals surface area contributed by atoms with Crippen LogP contribution in [-0.4, -0.2) is 11.7 Å². The molecule has 6 heteroatoms. The van der Waals surface area contributed by atoms with Crippen LogP contribution in [0.5, 0.6) is 0 Å². The van der Waals surface area contributed by atoms with Crippen LogP contribution < -0.4 is 5.32 Å². The molecule has 0 saturated heterocycles. The molecule has 0 heterocycles. The quantitative estimate of drug-likeness (QED) is 0.617. The number of halogens is 3. The van der Waals surface area contributed by atoms with Crippen LogP contribution in [0.4, 0.5) is 18.9 Å². The zero-order valence-electron chi connectivity index (χ0n) is 13.7. The van der Waals surface area contributed by atoms with Crippen molar-refractivity contribution in [2.24, 2.45) is 0 Å². The molecule has 0 atom stereocenters. The molecule has 3 rings (SSSR count).